The van der Waals surface area contributed by atoms with Crippen molar-refractivity contribution in [3.05, 3.63) is 18.0 Å². The van der Waals surface area contributed by atoms with Crippen LogP contribution in [0.3, 0.4) is 0 Å². The summed E-state index contributed by atoms with van der Waals surface area (Å²) in [5.74, 6) is 0. The number of hydrogen-bond acceptors (Lipinski definition) is 4. The SMILES string of the molecule is Cn1cc(C(NCC(C)(O)C(F)(F)F)C2(CO)CCC2)cn1. The van der Waals surface area contributed by atoms with E-state index in [0.29, 0.717) is 5.56 Å². The molecule has 1 heterocycles. The molecule has 0 spiro atoms. The van der Waals surface area contributed by atoms with Crippen molar-refractivity contribution in [2.24, 2.45) is 12.5 Å². The van der Waals surface area contributed by atoms with E-state index in [1.165, 1.54) is 0 Å². The first-order chi connectivity index (χ1) is 10.1. The van der Waals surface area contributed by atoms with E-state index in [1.54, 1.807) is 24.1 Å². The summed E-state index contributed by atoms with van der Waals surface area (Å²) in [5.41, 5.74) is -2.60. The lowest BCUT2D eigenvalue weighted by Crippen LogP contribution is -2.54. The van der Waals surface area contributed by atoms with Crippen LogP contribution in [-0.4, -0.2) is 44.9 Å². The standard InChI is InChI=1S/C14H22F3N3O2/c1-12(22,14(15,16)17)8-18-11(10-6-19-20(2)7-10)13(9-21)4-3-5-13/h6-7,11,18,21-22H,3-5,8-9H2,1-2H3. The minimum Gasteiger partial charge on any atom is -0.396 e. The Morgan fingerprint density at radius 2 is 2.09 bits per heavy atom. The maximum absolute atomic E-state index is 12.8. The van der Waals surface area contributed by atoms with Gasteiger partial charge in [0, 0.05) is 36.8 Å². The van der Waals surface area contributed by atoms with Gasteiger partial charge < -0.3 is 15.5 Å². The second-order valence-corrected chi connectivity index (χ2v) is 6.41. The van der Waals surface area contributed by atoms with Gasteiger partial charge >= 0.3 is 6.18 Å². The Kier molecular flexibility index (Phi) is 4.56. The molecule has 2 rings (SSSR count). The summed E-state index contributed by atoms with van der Waals surface area (Å²) in [4.78, 5) is 0. The van der Waals surface area contributed by atoms with Gasteiger partial charge in [-0.05, 0) is 19.8 Å². The van der Waals surface area contributed by atoms with E-state index in [4.69, 9.17) is 0 Å². The number of nitrogens with one attached hydrogen (secondary N) is 1. The smallest absolute Gasteiger partial charge is 0.396 e. The first-order valence-corrected chi connectivity index (χ1v) is 7.23. The lowest BCUT2D eigenvalue weighted by atomic mass is 9.63. The van der Waals surface area contributed by atoms with E-state index >= 15 is 0 Å². The van der Waals surface area contributed by atoms with Crippen molar-refractivity contribution in [1.82, 2.24) is 15.1 Å². The van der Waals surface area contributed by atoms with Gasteiger partial charge in [0.15, 0.2) is 5.60 Å². The van der Waals surface area contributed by atoms with E-state index in [9.17, 15) is 23.4 Å². The van der Waals surface area contributed by atoms with Gasteiger partial charge in [0.25, 0.3) is 0 Å². The molecule has 5 nitrogen and oxygen atoms in total. The van der Waals surface area contributed by atoms with Crippen LogP contribution in [0.2, 0.25) is 0 Å². The zero-order chi connectivity index (χ0) is 16.6. The first-order valence-electron chi connectivity index (χ1n) is 7.23. The topological polar surface area (TPSA) is 70.3 Å². The fraction of sp³-hybridized carbons (Fsp3) is 0.786. The molecule has 22 heavy (non-hydrogen) atoms. The maximum Gasteiger partial charge on any atom is 0.418 e. The van der Waals surface area contributed by atoms with Gasteiger partial charge in [0.2, 0.25) is 0 Å². The number of aliphatic hydroxyl groups is 2. The summed E-state index contributed by atoms with van der Waals surface area (Å²) in [6.45, 7) is -0.0156. The molecule has 1 aromatic heterocycles. The van der Waals surface area contributed by atoms with E-state index in [1.807, 2.05) is 0 Å². The maximum atomic E-state index is 12.8. The fourth-order valence-electron chi connectivity index (χ4n) is 2.85. The molecule has 1 aromatic rings. The van der Waals surface area contributed by atoms with Crippen molar-refractivity contribution in [3.63, 3.8) is 0 Å². The molecule has 0 bridgehead atoms. The van der Waals surface area contributed by atoms with Gasteiger partial charge in [-0.3, -0.25) is 4.68 Å². The minimum atomic E-state index is -4.72. The van der Waals surface area contributed by atoms with Crippen LogP contribution in [0.25, 0.3) is 0 Å². The van der Waals surface area contributed by atoms with E-state index < -0.39 is 29.8 Å². The largest absolute Gasteiger partial charge is 0.418 e. The third kappa shape index (κ3) is 3.13. The second kappa shape index (κ2) is 5.82. The molecule has 1 aliphatic carbocycles. The Morgan fingerprint density at radius 3 is 2.45 bits per heavy atom. The number of alkyl halides is 3. The summed E-state index contributed by atoms with van der Waals surface area (Å²) in [7, 11) is 1.72. The average Bonchev–Trinajstić information content (AvgIpc) is 2.77. The van der Waals surface area contributed by atoms with Crippen molar-refractivity contribution in [2.75, 3.05) is 13.2 Å². The summed E-state index contributed by atoms with van der Waals surface area (Å²) in [6, 6.07) is -0.478. The van der Waals surface area contributed by atoms with Gasteiger partial charge in [0.05, 0.1) is 12.8 Å². The van der Waals surface area contributed by atoms with Crippen molar-refractivity contribution < 1.29 is 23.4 Å². The highest BCUT2D eigenvalue weighted by Gasteiger charge is 2.51. The Balaban J connectivity index is 2.19. The third-order valence-electron chi connectivity index (χ3n) is 4.60. The van der Waals surface area contributed by atoms with Crippen LogP contribution in [0.4, 0.5) is 13.2 Å². The van der Waals surface area contributed by atoms with E-state index in [-0.39, 0.29) is 6.61 Å². The Labute approximate surface area is 127 Å². The number of aliphatic hydroxyl groups excluding tert-OH is 1. The van der Waals surface area contributed by atoms with E-state index in [0.717, 1.165) is 26.2 Å². The first kappa shape index (κ1) is 17.2. The third-order valence-corrected chi connectivity index (χ3v) is 4.60. The molecule has 3 N–H and O–H groups in total. The molecule has 1 fully saturated rings. The molecule has 0 aliphatic heterocycles. The second-order valence-electron chi connectivity index (χ2n) is 6.41. The highest BCUT2D eigenvalue weighted by atomic mass is 19.4. The number of rotatable bonds is 6. The zero-order valence-electron chi connectivity index (χ0n) is 12.7. The Bertz CT molecular complexity index is 504. The minimum absolute atomic E-state index is 0.117. The van der Waals surface area contributed by atoms with Crippen molar-refractivity contribution >= 4 is 0 Å². The van der Waals surface area contributed by atoms with Crippen LogP contribution in [0.5, 0.6) is 0 Å². The molecule has 0 saturated heterocycles. The lowest BCUT2D eigenvalue weighted by Gasteiger charge is -2.47. The summed E-state index contributed by atoms with van der Waals surface area (Å²) in [5, 5.41) is 26.2. The van der Waals surface area contributed by atoms with Gasteiger partial charge in [-0.1, -0.05) is 6.42 Å². The summed E-state index contributed by atoms with van der Waals surface area (Å²) >= 11 is 0. The number of halogens is 3. The average molecular weight is 321 g/mol. The van der Waals surface area contributed by atoms with Crippen LogP contribution in [0.1, 0.15) is 37.8 Å². The predicted octanol–water partition coefficient (Wildman–Crippen LogP) is 1.53. The summed E-state index contributed by atoms with van der Waals surface area (Å²) in [6.07, 6.45) is 0.958. The normalized spacial score (nSPS) is 22.0. The van der Waals surface area contributed by atoms with Crippen LogP contribution in [0.15, 0.2) is 12.4 Å². The monoisotopic (exact) mass is 321 g/mol. The quantitative estimate of drug-likeness (QED) is 0.743. The molecule has 1 aliphatic rings. The molecular weight excluding hydrogens is 299 g/mol. The van der Waals surface area contributed by atoms with Gasteiger partial charge in [-0.2, -0.15) is 18.3 Å². The molecule has 0 radical (unpaired) electrons. The molecule has 2 atom stereocenters. The zero-order valence-corrected chi connectivity index (χ0v) is 12.7. The molecule has 126 valence electrons. The predicted molar refractivity (Wildman–Crippen MR) is 74.0 cm³/mol. The fourth-order valence-corrected chi connectivity index (χ4v) is 2.85. The van der Waals surface area contributed by atoms with Gasteiger partial charge in [-0.15, -0.1) is 0 Å². The highest BCUT2D eigenvalue weighted by molar-refractivity contribution is 5.17. The van der Waals surface area contributed by atoms with Gasteiger partial charge in [0.1, 0.15) is 0 Å². The van der Waals surface area contributed by atoms with Crippen LogP contribution in [0, 0.1) is 5.41 Å². The lowest BCUT2D eigenvalue weighted by molar-refractivity contribution is -0.251. The number of nitrogens with zero attached hydrogens (tertiary/aromatic N) is 2. The van der Waals surface area contributed by atoms with Crippen LogP contribution >= 0.6 is 0 Å². The van der Waals surface area contributed by atoms with Crippen LogP contribution in [-0.2, 0) is 7.05 Å². The van der Waals surface area contributed by atoms with Crippen molar-refractivity contribution in [3.8, 4) is 0 Å². The number of aromatic nitrogens is 2. The molecule has 0 amide bonds. The molecule has 0 aromatic carbocycles. The Morgan fingerprint density at radius 1 is 1.45 bits per heavy atom. The van der Waals surface area contributed by atoms with Gasteiger partial charge in [-0.25, -0.2) is 0 Å². The molecule has 2 unspecified atom stereocenters. The molecule has 8 heteroatoms. The highest BCUT2D eigenvalue weighted by Crippen LogP contribution is 2.50. The van der Waals surface area contributed by atoms with Crippen molar-refractivity contribution in [1.29, 1.82) is 0 Å². The summed E-state index contributed by atoms with van der Waals surface area (Å²) < 4.78 is 40.0. The number of aryl methyl sites for hydroxylation is 1. The van der Waals surface area contributed by atoms with E-state index in [2.05, 4.69) is 10.4 Å². The molecule has 1 saturated carbocycles. The van der Waals surface area contributed by atoms with Crippen LogP contribution < -0.4 is 5.32 Å². The molecular formula is C14H22F3N3O2. The number of hydrogen-bond donors (Lipinski definition) is 3. The Hall–Kier alpha value is -1.12. The van der Waals surface area contributed by atoms with Crippen molar-refractivity contribution in [2.45, 2.75) is 44.0 Å².